The number of nitrogens with one attached hydrogen (secondary N) is 1. The molecule has 2 aromatic carbocycles. The lowest BCUT2D eigenvalue weighted by Gasteiger charge is -1.94. The lowest BCUT2D eigenvalue weighted by atomic mass is 10.1. The maximum Gasteiger partial charge on any atom is 0.394 e. The van der Waals surface area contributed by atoms with Crippen LogP contribution in [0.5, 0.6) is 0 Å². The summed E-state index contributed by atoms with van der Waals surface area (Å²) in [4.78, 5) is 0. The fourth-order valence-electron chi connectivity index (χ4n) is 1.84. The van der Waals surface area contributed by atoms with Crippen LogP contribution in [0.4, 0.5) is 0 Å². The van der Waals surface area contributed by atoms with Crippen molar-refractivity contribution in [3.8, 4) is 22.5 Å². The monoisotopic (exact) mass is 318 g/mol. The Morgan fingerprint density at radius 3 is 1.77 bits per heavy atom. The molecule has 0 fully saturated rings. The highest BCUT2D eigenvalue weighted by Gasteiger charge is 2.04. The average Bonchev–Trinajstić information content (AvgIpc) is 2.97. The fraction of sp³-hybridized carbons (Fsp3) is 0. The number of nitrogens with zero attached hydrogens (tertiary/aromatic N) is 1. The van der Waals surface area contributed by atoms with Gasteiger partial charge in [-0.05, 0) is 11.6 Å². The fourth-order valence-corrected chi connectivity index (χ4v) is 1.84. The Bertz CT molecular complexity index is 753. The van der Waals surface area contributed by atoms with Crippen LogP contribution >= 0.6 is 0 Å². The molecule has 1 heterocycles. The van der Waals surface area contributed by atoms with Gasteiger partial charge in [-0.2, -0.15) is 13.5 Å². The Labute approximate surface area is 128 Å². The first-order chi connectivity index (χ1) is 10.4. The van der Waals surface area contributed by atoms with Crippen molar-refractivity contribution in [3.05, 3.63) is 66.7 Å². The van der Waals surface area contributed by atoms with Crippen LogP contribution < -0.4 is 0 Å². The summed E-state index contributed by atoms with van der Waals surface area (Å²) in [5.41, 5.74) is 4.31. The zero-order valence-corrected chi connectivity index (χ0v) is 12.2. The zero-order chi connectivity index (χ0) is 16.0. The molecular weight excluding hydrogens is 304 g/mol. The molecule has 114 valence electrons. The maximum absolute atomic E-state index is 8.74. The smallest absolute Gasteiger partial charge is 0.277 e. The number of hydrogen-bond donors (Lipinski definition) is 3. The summed E-state index contributed by atoms with van der Waals surface area (Å²) in [6.45, 7) is 0. The summed E-state index contributed by atoms with van der Waals surface area (Å²) >= 11 is 0. The third kappa shape index (κ3) is 5.13. The normalized spacial score (nSPS) is 10.6. The third-order valence-corrected chi connectivity index (χ3v) is 2.73. The van der Waals surface area contributed by atoms with Gasteiger partial charge in [0.25, 0.3) is 0 Å². The molecule has 7 heteroatoms. The summed E-state index contributed by atoms with van der Waals surface area (Å²) in [6.07, 6.45) is 0. The topological polar surface area (TPSA) is 103 Å². The molecule has 0 spiro atoms. The molecule has 6 nitrogen and oxygen atoms in total. The highest BCUT2D eigenvalue weighted by Crippen LogP contribution is 2.22. The van der Waals surface area contributed by atoms with Gasteiger partial charge in [0, 0.05) is 5.56 Å². The molecule has 22 heavy (non-hydrogen) atoms. The molecule has 0 aliphatic heterocycles. The van der Waals surface area contributed by atoms with E-state index in [9.17, 15) is 0 Å². The van der Waals surface area contributed by atoms with Crippen LogP contribution in [0, 0.1) is 0 Å². The quantitative estimate of drug-likeness (QED) is 0.630. The van der Waals surface area contributed by atoms with Crippen molar-refractivity contribution in [2.24, 2.45) is 0 Å². The number of aromatic nitrogens is 2. The molecule has 3 N–H and O–H groups in total. The lowest BCUT2D eigenvalue weighted by Crippen LogP contribution is -1.89. The molecule has 0 saturated carbocycles. The summed E-state index contributed by atoms with van der Waals surface area (Å²) in [6, 6.07) is 22.5. The predicted octanol–water partition coefficient (Wildman–Crippen LogP) is 3.09. The van der Waals surface area contributed by atoms with Crippen molar-refractivity contribution in [2.75, 3.05) is 0 Å². The maximum atomic E-state index is 8.74. The summed E-state index contributed by atoms with van der Waals surface area (Å²) in [5.74, 6) is 0. The van der Waals surface area contributed by atoms with E-state index in [2.05, 4.69) is 40.5 Å². The van der Waals surface area contributed by atoms with E-state index in [0.717, 1.165) is 22.5 Å². The summed E-state index contributed by atoms with van der Waals surface area (Å²) in [5, 5.41) is 7.41. The van der Waals surface area contributed by atoms with Gasteiger partial charge in [0.05, 0.1) is 11.4 Å². The molecule has 0 aliphatic carbocycles. The van der Waals surface area contributed by atoms with E-state index in [-0.39, 0.29) is 0 Å². The Balaban J connectivity index is 0.000000309. The van der Waals surface area contributed by atoms with Crippen LogP contribution in [0.1, 0.15) is 0 Å². The minimum atomic E-state index is -4.67. The SMILES string of the molecule is O=S(=O)(O)O.c1ccc(-c2cc(-c3ccccc3)[nH]n2)cc1. The van der Waals surface area contributed by atoms with Gasteiger partial charge in [-0.25, -0.2) is 0 Å². The highest BCUT2D eigenvalue weighted by molar-refractivity contribution is 7.79. The van der Waals surface area contributed by atoms with E-state index >= 15 is 0 Å². The third-order valence-electron chi connectivity index (χ3n) is 2.73. The number of benzene rings is 2. The zero-order valence-electron chi connectivity index (χ0n) is 11.4. The Morgan fingerprint density at radius 1 is 0.818 bits per heavy atom. The molecule has 0 saturated heterocycles. The van der Waals surface area contributed by atoms with E-state index in [1.165, 1.54) is 0 Å². The van der Waals surface area contributed by atoms with Gasteiger partial charge >= 0.3 is 10.4 Å². The van der Waals surface area contributed by atoms with Crippen LogP contribution in [0.2, 0.25) is 0 Å². The summed E-state index contributed by atoms with van der Waals surface area (Å²) < 4.78 is 31.6. The number of rotatable bonds is 2. The van der Waals surface area contributed by atoms with Gasteiger partial charge < -0.3 is 0 Å². The average molecular weight is 318 g/mol. The van der Waals surface area contributed by atoms with Crippen molar-refractivity contribution in [3.63, 3.8) is 0 Å². The Morgan fingerprint density at radius 2 is 1.27 bits per heavy atom. The number of H-pyrrole nitrogens is 1. The molecular formula is C15H14N2O4S. The molecule has 3 aromatic rings. The largest absolute Gasteiger partial charge is 0.394 e. The van der Waals surface area contributed by atoms with Gasteiger partial charge in [-0.1, -0.05) is 60.7 Å². The van der Waals surface area contributed by atoms with E-state index in [1.807, 2.05) is 36.4 Å². The van der Waals surface area contributed by atoms with Crippen molar-refractivity contribution in [2.45, 2.75) is 0 Å². The minimum absolute atomic E-state index is 0.976. The first kappa shape index (κ1) is 15.9. The minimum Gasteiger partial charge on any atom is -0.277 e. The molecule has 0 aliphatic rings. The van der Waals surface area contributed by atoms with Crippen LogP contribution in [-0.2, 0) is 10.4 Å². The number of aromatic amines is 1. The molecule has 1 aromatic heterocycles. The predicted molar refractivity (Wildman–Crippen MR) is 83.6 cm³/mol. The molecule has 0 radical (unpaired) electrons. The van der Waals surface area contributed by atoms with E-state index in [4.69, 9.17) is 17.5 Å². The molecule has 0 amide bonds. The Kier molecular flexibility index (Phi) is 5.05. The standard InChI is InChI=1S/C15H12N2.H2O4S/c1-3-7-12(8-4-1)14-11-15(17-16-14)13-9-5-2-6-10-13;1-5(2,3)4/h1-11H,(H,16,17);(H2,1,2,3,4). The van der Waals surface area contributed by atoms with Gasteiger partial charge in [0.1, 0.15) is 0 Å². The molecule has 0 unspecified atom stereocenters. The van der Waals surface area contributed by atoms with Crippen molar-refractivity contribution in [1.29, 1.82) is 0 Å². The van der Waals surface area contributed by atoms with Gasteiger partial charge in [-0.3, -0.25) is 14.2 Å². The second-order valence-corrected chi connectivity index (χ2v) is 5.24. The summed E-state index contributed by atoms with van der Waals surface area (Å²) in [7, 11) is -4.67. The first-order valence-corrected chi connectivity index (χ1v) is 7.69. The van der Waals surface area contributed by atoms with Crippen molar-refractivity contribution >= 4 is 10.4 Å². The van der Waals surface area contributed by atoms with Crippen LogP contribution in [-0.4, -0.2) is 27.7 Å². The highest BCUT2D eigenvalue weighted by atomic mass is 32.3. The molecule has 0 bridgehead atoms. The molecule has 0 atom stereocenters. The second kappa shape index (κ2) is 6.99. The van der Waals surface area contributed by atoms with E-state index < -0.39 is 10.4 Å². The van der Waals surface area contributed by atoms with Crippen molar-refractivity contribution in [1.82, 2.24) is 10.2 Å². The van der Waals surface area contributed by atoms with Crippen LogP contribution in [0.15, 0.2) is 66.7 Å². The van der Waals surface area contributed by atoms with E-state index in [1.54, 1.807) is 0 Å². The van der Waals surface area contributed by atoms with Crippen molar-refractivity contribution < 1.29 is 17.5 Å². The number of hydrogen-bond acceptors (Lipinski definition) is 3. The van der Waals surface area contributed by atoms with Gasteiger partial charge in [0.15, 0.2) is 0 Å². The van der Waals surface area contributed by atoms with Gasteiger partial charge in [0.2, 0.25) is 0 Å². The van der Waals surface area contributed by atoms with Crippen LogP contribution in [0.3, 0.4) is 0 Å². The second-order valence-electron chi connectivity index (χ2n) is 4.35. The first-order valence-electron chi connectivity index (χ1n) is 6.29. The molecule has 3 rings (SSSR count). The van der Waals surface area contributed by atoms with Crippen LogP contribution in [0.25, 0.3) is 22.5 Å². The van der Waals surface area contributed by atoms with Gasteiger partial charge in [-0.15, -0.1) is 0 Å². The van der Waals surface area contributed by atoms with E-state index in [0.29, 0.717) is 0 Å². The Hall–Kier alpha value is -2.48. The lowest BCUT2D eigenvalue weighted by molar-refractivity contribution is 0.381.